The Morgan fingerprint density at radius 2 is 2.04 bits per heavy atom. The second-order valence-corrected chi connectivity index (χ2v) is 6.84. The van der Waals surface area contributed by atoms with Gasteiger partial charge in [0.05, 0.1) is 12.8 Å². The molecule has 0 aliphatic heterocycles. The number of methoxy groups -OCH3 is 1. The number of para-hydroxylation sites is 1. The molecule has 5 heteroatoms. The lowest BCUT2D eigenvalue weighted by atomic mass is 9.91. The van der Waals surface area contributed by atoms with Crippen LogP contribution in [0, 0.1) is 6.92 Å². The Morgan fingerprint density at radius 3 is 2.77 bits per heavy atom. The Bertz CT molecular complexity index is 915. The van der Waals surface area contributed by atoms with Gasteiger partial charge in [-0.3, -0.25) is 4.79 Å². The third-order valence-corrected chi connectivity index (χ3v) is 4.41. The molecule has 26 heavy (non-hydrogen) atoms. The van der Waals surface area contributed by atoms with Crippen molar-refractivity contribution in [2.24, 2.45) is 0 Å². The Labute approximate surface area is 154 Å². The second-order valence-electron chi connectivity index (χ2n) is 6.84. The minimum absolute atomic E-state index is 0.0120. The zero-order chi connectivity index (χ0) is 18.7. The summed E-state index contributed by atoms with van der Waals surface area (Å²) in [5, 5.41) is 2.99. The number of fused-ring (bicyclic) bond motifs is 1. The summed E-state index contributed by atoms with van der Waals surface area (Å²) in [6.07, 6.45) is 4.20. The molecule has 0 aliphatic rings. The van der Waals surface area contributed by atoms with Crippen LogP contribution in [-0.4, -0.2) is 28.4 Å². The number of pyridine rings is 1. The Hall–Kier alpha value is -2.82. The first-order valence-corrected chi connectivity index (χ1v) is 8.85. The van der Waals surface area contributed by atoms with Gasteiger partial charge in [0, 0.05) is 36.3 Å². The molecule has 0 bridgehead atoms. The number of ether oxygens (including phenoxy) is 1. The summed E-state index contributed by atoms with van der Waals surface area (Å²) < 4.78 is 7.61. The number of amides is 1. The van der Waals surface area contributed by atoms with Crippen LogP contribution in [0.4, 0.5) is 0 Å². The highest BCUT2D eigenvalue weighted by Crippen LogP contribution is 2.34. The molecule has 2 heterocycles. The van der Waals surface area contributed by atoms with E-state index in [0.29, 0.717) is 6.42 Å². The molecule has 1 N–H and O–H groups in total. The van der Waals surface area contributed by atoms with Crippen molar-refractivity contribution in [3.8, 4) is 5.75 Å². The lowest BCUT2D eigenvalue weighted by molar-refractivity contribution is -0.121. The average Bonchev–Trinajstić information content (AvgIpc) is 3.01. The summed E-state index contributed by atoms with van der Waals surface area (Å²) >= 11 is 0. The third-order valence-electron chi connectivity index (χ3n) is 4.41. The van der Waals surface area contributed by atoms with E-state index >= 15 is 0 Å². The number of aryl methyl sites for hydroxylation is 1. The minimum Gasteiger partial charge on any atom is -0.496 e. The summed E-state index contributed by atoms with van der Waals surface area (Å²) in [4.78, 5) is 17.1. The first-order valence-electron chi connectivity index (χ1n) is 8.85. The highest BCUT2D eigenvalue weighted by molar-refractivity contribution is 5.78. The zero-order valence-electron chi connectivity index (χ0n) is 15.7. The average molecular weight is 351 g/mol. The molecule has 5 nitrogen and oxygen atoms in total. The Kier molecular flexibility index (Phi) is 5.26. The van der Waals surface area contributed by atoms with Crippen molar-refractivity contribution in [2.75, 3.05) is 7.11 Å². The molecule has 3 aromatic rings. The van der Waals surface area contributed by atoms with Gasteiger partial charge in [-0.05, 0) is 44.5 Å². The maximum Gasteiger partial charge on any atom is 0.221 e. The maximum atomic E-state index is 12.5. The molecule has 1 aromatic carbocycles. The van der Waals surface area contributed by atoms with Gasteiger partial charge in [-0.25, -0.2) is 4.98 Å². The van der Waals surface area contributed by atoms with Crippen molar-refractivity contribution in [3.05, 3.63) is 65.6 Å². The molecule has 1 amide bonds. The van der Waals surface area contributed by atoms with Crippen LogP contribution in [0.2, 0.25) is 0 Å². The van der Waals surface area contributed by atoms with Crippen molar-refractivity contribution in [1.82, 2.24) is 14.7 Å². The molecule has 0 radical (unpaired) electrons. The summed E-state index contributed by atoms with van der Waals surface area (Å²) in [6.45, 7) is 5.97. The van der Waals surface area contributed by atoms with Gasteiger partial charge >= 0.3 is 0 Å². The summed E-state index contributed by atoms with van der Waals surface area (Å²) in [5.41, 5.74) is 3.99. The number of imidazole rings is 1. The van der Waals surface area contributed by atoms with Crippen LogP contribution in [-0.2, 0) is 4.79 Å². The lowest BCUT2D eigenvalue weighted by Gasteiger charge is -2.20. The standard InChI is InChI=1S/C21H25N3O2/c1-14(2)23-21(25)12-17(16-7-5-6-8-19(16)26-4)18-13-22-20-11-15(3)9-10-24(18)20/h5-11,13-14,17H,12H2,1-4H3,(H,23,25). The molecule has 2 aromatic heterocycles. The number of carbonyl (C=O) groups excluding carboxylic acids is 1. The van der Waals surface area contributed by atoms with Crippen LogP contribution in [0.25, 0.3) is 5.65 Å². The lowest BCUT2D eigenvalue weighted by Crippen LogP contribution is -2.31. The number of nitrogens with zero attached hydrogens (tertiary/aromatic N) is 2. The fraction of sp³-hybridized carbons (Fsp3) is 0.333. The molecule has 1 unspecified atom stereocenters. The number of rotatable bonds is 6. The van der Waals surface area contributed by atoms with E-state index in [4.69, 9.17) is 4.74 Å². The first kappa shape index (κ1) is 18.0. The van der Waals surface area contributed by atoms with Crippen LogP contribution < -0.4 is 10.1 Å². The smallest absolute Gasteiger partial charge is 0.221 e. The van der Waals surface area contributed by atoms with Gasteiger partial charge in [-0.2, -0.15) is 0 Å². The molecule has 0 saturated heterocycles. The molecular weight excluding hydrogens is 326 g/mol. The van der Waals surface area contributed by atoms with Gasteiger partial charge in [-0.1, -0.05) is 18.2 Å². The van der Waals surface area contributed by atoms with E-state index in [-0.39, 0.29) is 17.9 Å². The van der Waals surface area contributed by atoms with E-state index in [1.165, 1.54) is 0 Å². The van der Waals surface area contributed by atoms with Gasteiger partial charge in [0.1, 0.15) is 11.4 Å². The number of hydrogen-bond donors (Lipinski definition) is 1. The normalized spacial score (nSPS) is 12.3. The van der Waals surface area contributed by atoms with E-state index in [1.807, 2.05) is 74.0 Å². The van der Waals surface area contributed by atoms with Crippen LogP contribution >= 0.6 is 0 Å². The van der Waals surface area contributed by atoms with Crippen molar-refractivity contribution in [2.45, 2.75) is 39.2 Å². The van der Waals surface area contributed by atoms with Gasteiger partial charge in [0.25, 0.3) is 0 Å². The quantitative estimate of drug-likeness (QED) is 0.737. The van der Waals surface area contributed by atoms with E-state index in [9.17, 15) is 4.79 Å². The Morgan fingerprint density at radius 1 is 1.27 bits per heavy atom. The number of carbonyl (C=O) groups is 1. The van der Waals surface area contributed by atoms with Crippen LogP contribution in [0.3, 0.4) is 0 Å². The monoisotopic (exact) mass is 351 g/mol. The van der Waals surface area contributed by atoms with Gasteiger partial charge in [0.15, 0.2) is 0 Å². The van der Waals surface area contributed by atoms with Crippen molar-refractivity contribution < 1.29 is 9.53 Å². The molecule has 1 atom stereocenters. The summed E-state index contributed by atoms with van der Waals surface area (Å²) in [5.74, 6) is 0.637. The van der Waals surface area contributed by atoms with Gasteiger partial charge in [0.2, 0.25) is 5.91 Å². The number of nitrogens with one attached hydrogen (secondary N) is 1. The van der Waals surface area contributed by atoms with E-state index in [0.717, 1.165) is 28.2 Å². The molecule has 0 spiro atoms. The molecule has 0 saturated carbocycles. The minimum atomic E-state index is -0.150. The topological polar surface area (TPSA) is 55.6 Å². The largest absolute Gasteiger partial charge is 0.496 e. The Balaban J connectivity index is 2.08. The first-order chi connectivity index (χ1) is 12.5. The molecule has 0 fully saturated rings. The number of hydrogen-bond acceptors (Lipinski definition) is 3. The van der Waals surface area contributed by atoms with Crippen molar-refractivity contribution >= 4 is 11.6 Å². The van der Waals surface area contributed by atoms with E-state index in [2.05, 4.69) is 10.3 Å². The summed E-state index contributed by atoms with van der Waals surface area (Å²) in [7, 11) is 1.65. The van der Waals surface area contributed by atoms with Gasteiger partial charge in [-0.15, -0.1) is 0 Å². The summed E-state index contributed by atoms with van der Waals surface area (Å²) in [6, 6.07) is 12.0. The van der Waals surface area contributed by atoms with Crippen LogP contribution in [0.15, 0.2) is 48.8 Å². The van der Waals surface area contributed by atoms with Crippen LogP contribution in [0.5, 0.6) is 5.75 Å². The molecule has 0 aliphatic carbocycles. The fourth-order valence-corrected chi connectivity index (χ4v) is 3.25. The molecular formula is C21H25N3O2. The van der Waals surface area contributed by atoms with Crippen molar-refractivity contribution in [3.63, 3.8) is 0 Å². The maximum absolute atomic E-state index is 12.5. The highest BCUT2D eigenvalue weighted by Gasteiger charge is 2.24. The zero-order valence-corrected chi connectivity index (χ0v) is 15.7. The predicted octanol–water partition coefficient (Wildman–Crippen LogP) is 3.70. The molecule has 3 rings (SSSR count). The molecule has 136 valence electrons. The SMILES string of the molecule is COc1ccccc1C(CC(=O)NC(C)C)c1cnc2cc(C)ccn12. The number of benzene rings is 1. The van der Waals surface area contributed by atoms with Crippen molar-refractivity contribution in [1.29, 1.82) is 0 Å². The van der Waals surface area contributed by atoms with E-state index in [1.54, 1.807) is 7.11 Å². The second kappa shape index (κ2) is 7.60. The van der Waals surface area contributed by atoms with Gasteiger partial charge < -0.3 is 14.5 Å². The van der Waals surface area contributed by atoms with Crippen LogP contribution in [0.1, 0.15) is 43.0 Å². The third kappa shape index (κ3) is 3.72. The highest BCUT2D eigenvalue weighted by atomic mass is 16.5. The fourth-order valence-electron chi connectivity index (χ4n) is 3.25. The van der Waals surface area contributed by atoms with E-state index < -0.39 is 0 Å². The predicted molar refractivity (Wildman–Crippen MR) is 103 cm³/mol. The number of aromatic nitrogens is 2.